The second kappa shape index (κ2) is 4.24. The molecule has 0 aromatic carbocycles. The van der Waals surface area contributed by atoms with Gasteiger partial charge >= 0.3 is 0 Å². The number of carbonyl (C=O) groups excluding carboxylic acids is 1. The summed E-state index contributed by atoms with van der Waals surface area (Å²) in [5.41, 5.74) is 0.621. The zero-order valence-corrected chi connectivity index (χ0v) is 9.60. The second-order valence-corrected chi connectivity index (χ2v) is 5.32. The summed E-state index contributed by atoms with van der Waals surface area (Å²) in [6.45, 7) is 5.59. The van der Waals surface area contributed by atoms with Crippen molar-refractivity contribution in [2.24, 2.45) is 5.41 Å². The third-order valence-electron chi connectivity index (χ3n) is 2.08. The van der Waals surface area contributed by atoms with Gasteiger partial charge in [-0.25, -0.2) is 0 Å². The van der Waals surface area contributed by atoms with E-state index in [1.165, 1.54) is 0 Å². The molecule has 1 aromatic rings. The molecule has 1 rings (SSSR count). The molecule has 0 spiro atoms. The van der Waals surface area contributed by atoms with Crippen molar-refractivity contribution in [1.29, 1.82) is 0 Å². The van der Waals surface area contributed by atoms with E-state index in [0.29, 0.717) is 6.42 Å². The molecular weight excluding hydrogens is 196 g/mol. The highest BCUT2D eigenvalue weighted by molar-refractivity contribution is 7.07. The molecule has 0 fully saturated rings. The van der Waals surface area contributed by atoms with Crippen LogP contribution in [0, 0.1) is 5.41 Å². The topological polar surface area (TPSA) is 37.3 Å². The number of Topliss-reactive ketones (excluding diaryl/α,β-unsaturated/α-hetero) is 1. The average Bonchev–Trinajstić information content (AvgIpc) is 2.53. The second-order valence-electron chi connectivity index (χ2n) is 4.54. The monoisotopic (exact) mass is 212 g/mol. The Hall–Kier alpha value is -0.670. The molecule has 0 bridgehead atoms. The van der Waals surface area contributed by atoms with Crippen molar-refractivity contribution in [3.63, 3.8) is 0 Å². The zero-order chi connectivity index (χ0) is 10.8. The highest BCUT2D eigenvalue weighted by Gasteiger charge is 2.28. The molecule has 0 amide bonds. The number of hydrogen-bond donors (Lipinski definition) is 1. The van der Waals surface area contributed by atoms with Crippen LogP contribution in [0.1, 0.15) is 26.3 Å². The van der Waals surface area contributed by atoms with Crippen molar-refractivity contribution in [3.05, 3.63) is 22.4 Å². The minimum Gasteiger partial charge on any atom is -0.385 e. The molecule has 1 unspecified atom stereocenters. The van der Waals surface area contributed by atoms with Crippen molar-refractivity contribution >= 4 is 17.1 Å². The highest BCUT2D eigenvalue weighted by Crippen LogP contribution is 2.21. The molecule has 1 aromatic heterocycles. The van der Waals surface area contributed by atoms with Gasteiger partial charge in [0.1, 0.15) is 6.10 Å². The predicted octanol–water partition coefficient (Wildman–Crippen LogP) is 2.27. The average molecular weight is 212 g/mol. The molecular formula is C11H16O2S. The first-order valence-corrected chi connectivity index (χ1v) is 5.57. The normalized spacial score (nSPS) is 14.0. The summed E-state index contributed by atoms with van der Waals surface area (Å²) in [5, 5.41) is 13.6. The lowest BCUT2D eigenvalue weighted by molar-refractivity contribution is -0.131. The van der Waals surface area contributed by atoms with E-state index in [2.05, 4.69) is 0 Å². The van der Waals surface area contributed by atoms with Gasteiger partial charge < -0.3 is 5.11 Å². The van der Waals surface area contributed by atoms with Crippen LogP contribution in [-0.2, 0) is 11.2 Å². The Kier molecular flexibility index (Phi) is 3.45. The number of thiophene rings is 1. The standard InChI is InChI=1S/C11H16O2S/c1-11(2,3)10(13)9(12)6-8-4-5-14-7-8/h4-5,7,10,13H,6H2,1-3H3. The summed E-state index contributed by atoms with van der Waals surface area (Å²) in [6.07, 6.45) is -0.538. The van der Waals surface area contributed by atoms with Crippen LogP contribution in [0.25, 0.3) is 0 Å². The lowest BCUT2D eigenvalue weighted by atomic mass is 9.85. The lowest BCUT2D eigenvalue weighted by Crippen LogP contribution is -2.35. The molecule has 0 aliphatic rings. The first kappa shape index (κ1) is 11.4. The largest absolute Gasteiger partial charge is 0.385 e. The fourth-order valence-corrected chi connectivity index (χ4v) is 1.84. The molecule has 78 valence electrons. The maximum absolute atomic E-state index is 11.6. The molecule has 0 aliphatic carbocycles. The van der Waals surface area contributed by atoms with Crippen molar-refractivity contribution < 1.29 is 9.90 Å². The maximum atomic E-state index is 11.6. The van der Waals surface area contributed by atoms with E-state index in [9.17, 15) is 9.90 Å². The van der Waals surface area contributed by atoms with Gasteiger partial charge in [-0.05, 0) is 27.8 Å². The van der Waals surface area contributed by atoms with Crippen LogP contribution >= 0.6 is 11.3 Å². The Balaban J connectivity index is 2.59. The van der Waals surface area contributed by atoms with Gasteiger partial charge in [0.2, 0.25) is 0 Å². The minimum atomic E-state index is -0.873. The first-order valence-electron chi connectivity index (χ1n) is 4.63. The van der Waals surface area contributed by atoms with E-state index < -0.39 is 6.10 Å². The maximum Gasteiger partial charge on any atom is 0.166 e. The number of aliphatic hydroxyl groups is 1. The van der Waals surface area contributed by atoms with Crippen LogP contribution in [0.15, 0.2) is 16.8 Å². The molecule has 0 radical (unpaired) electrons. The van der Waals surface area contributed by atoms with Gasteiger partial charge in [0.05, 0.1) is 0 Å². The van der Waals surface area contributed by atoms with Crippen LogP contribution < -0.4 is 0 Å². The summed E-state index contributed by atoms with van der Waals surface area (Å²) in [4.78, 5) is 11.6. The van der Waals surface area contributed by atoms with Gasteiger partial charge in [-0.1, -0.05) is 20.8 Å². The lowest BCUT2D eigenvalue weighted by Gasteiger charge is -2.24. The van der Waals surface area contributed by atoms with Crippen LogP contribution in [0.5, 0.6) is 0 Å². The van der Waals surface area contributed by atoms with Crippen molar-refractivity contribution in [1.82, 2.24) is 0 Å². The fraction of sp³-hybridized carbons (Fsp3) is 0.545. The van der Waals surface area contributed by atoms with Crippen molar-refractivity contribution in [2.45, 2.75) is 33.3 Å². The predicted molar refractivity (Wildman–Crippen MR) is 58.5 cm³/mol. The zero-order valence-electron chi connectivity index (χ0n) is 8.78. The fourth-order valence-electron chi connectivity index (χ4n) is 1.17. The van der Waals surface area contributed by atoms with Gasteiger partial charge in [-0.2, -0.15) is 11.3 Å². The minimum absolute atomic E-state index is 0.101. The molecule has 1 heterocycles. The van der Waals surface area contributed by atoms with Gasteiger partial charge in [0.25, 0.3) is 0 Å². The summed E-state index contributed by atoms with van der Waals surface area (Å²) >= 11 is 1.57. The van der Waals surface area contributed by atoms with Gasteiger partial charge in [0.15, 0.2) is 5.78 Å². The Bertz CT molecular complexity index is 296. The van der Waals surface area contributed by atoms with Crippen LogP contribution in [0.3, 0.4) is 0 Å². The highest BCUT2D eigenvalue weighted by atomic mass is 32.1. The Morgan fingerprint density at radius 3 is 2.64 bits per heavy atom. The number of aliphatic hydroxyl groups excluding tert-OH is 1. The third-order valence-corrected chi connectivity index (χ3v) is 2.82. The number of ketones is 1. The van der Waals surface area contributed by atoms with Crippen molar-refractivity contribution in [2.75, 3.05) is 0 Å². The van der Waals surface area contributed by atoms with E-state index in [1.807, 2.05) is 37.6 Å². The van der Waals surface area contributed by atoms with Crippen LogP contribution in [0.4, 0.5) is 0 Å². The summed E-state index contributed by atoms with van der Waals surface area (Å²) in [6, 6.07) is 1.91. The molecule has 2 nitrogen and oxygen atoms in total. The molecule has 3 heteroatoms. The molecule has 1 N–H and O–H groups in total. The van der Waals surface area contributed by atoms with E-state index in [0.717, 1.165) is 5.56 Å². The van der Waals surface area contributed by atoms with Crippen LogP contribution in [0.2, 0.25) is 0 Å². The molecule has 0 saturated heterocycles. The number of rotatable bonds is 3. The quantitative estimate of drug-likeness (QED) is 0.834. The first-order chi connectivity index (χ1) is 6.41. The smallest absolute Gasteiger partial charge is 0.166 e. The van der Waals surface area contributed by atoms with Crippen LogP contribution in [-0.4, -0.2) is 17.0 Å². The molecule has 0 saturated carbocycles. The number of carbonyl (C=O) groups is 1. The van der Waals surface area contributed by atoms with Gasteiger partial charge in [-0.3, -0.25) is 4.79 Å². The van der Waals surface area contributed by atoms with Gasteiger partial charge in [-0.15, -0.1) is 0 Å². The van der Waals surface area contributed by atoms with E-state index >= 15 is 0 Å². The molecule has 0 aliphatic heterocycles. The van der Waals surface area contributed by atoms with E-state index in [-0.39, 0.29) is 11.2 Å². The van der Waals surface area contributed by atoms with Gasteiger partial charge in [0, 0.05) is 6.42 Å². The van der Waals surface area contributed by atoms with E-state index in [4.69, 9.17) is 0 Å². The SMILES string of the molecule is CC(C)(C)C(O)C(=O)Cc1ccsc1. The Labute approximate surface area is 88.6 Å². The summed E-state index contributed by atoms with van der Waals surface area (Å²) < 4.78 is 0. The van der Waals surface area contributed by atoms with Crippen molar-refractivity contribution in [3.8, 4) is 0 Å². The third kappa shape index (κ3) is 2.93. The summed E-state index contributed by atoms with van der Waals surface area (Å²) in [5.74, 6) is -0.101. The number of hydrogen-bond acceptors (Lipinski definition) is 3. The Morgan fingerprint density at radius 1 is 1.57 bits per heavy atom. The van der Waals surface area contributed by atoms with E-state index in [1.54, 1.807) is 11.3 Å². The molecule has 14 heavy (non-hydrogen) atoms. The Morgan fingerprint density at radius 2 is 2.21 bits per heavy atom. The molecule has 1 atom stereocenters. The summed E-state index contributed by atoms with van der Waals surface area (Å²) in [7, 11) is 0.